The molecule has 0 aliphatic carbocycles. The van der Waals surface area contributed by atoms with E-state index in [9.17, 15) is 4.79 Å². The van der Waals surface area contributed by atoms with E-state index in [-0.39, 0.29) is 12.5 Å². The van der Waals surface area contributed by atoms with Crippen LogP contribution < -0.4 is 10.2 Å². The Bertz CT molecular complexity index is 901. The van der Waals surface area contributed by atoms with E-state index in [1.165, 1.54) is 0 Å². The summed E-state index contributed by atoms with van der Waals surface area (Å²) in [5.74, 6) is 1.56. The molecule has 0 aliphatic rings. The van der Waals surface area contributed by atoms with Gasteiger partial charge in [0.05, 0.1) is 17.9 Å². The zero-order valence-corrected chi connectivity index (χ0v) is 15.1. The van der Waals surface area contributed by atoms with E-state index in [0.717, 1.165) is 11.4 Å². The van der Waals surface area contributed by atoms with Gasteiger partial charge < -0.3 is 14.7 Å². The molecule has 0 atom stereocenters. The summed E-state index contributed by atoms with van der Waals surface area (Å²) < 4.78 is 5.05. The molecule has 0 spiro atoms. The summed E-state index contributed by atoms with van der Waals surface area (Å²) >= 11 is 0. The van der Waals surface area contributed by atoms with Gasteiger partial charge in [0.2, 0.25) is 0 Å². The minimum Gasteiger partial charge on any atom is -0.363 e. The Balaban J connectivity index is 1.85. The molecular weight excluding hydrogens is 332 g/mol. The molecule has 3 aromatic rings. The van der Waals surface area contributed by atoms with Crippen LogP contribution in [-0.4, -0.2) is 40.1 Å². The van der Waals surface area contributed by atoms with Crippen molar-refractivity contribution in [1.29, 1.82) is 0 Å². The van der Waals surface area contributed by atoms with Gasteiger partial charge in [-0.1, -0.05) is 5.16 Å². The molecule has 0 radical (unpaired) electrons. The molecule has 3 heterocycles. The molecule has 8 heteroatoms. The maximum absolute atomic E-state index is 12.4. The number of pyridine rings is 1. The lowest BCUT2D eigenvalue weighted by molar-refractivity contribution is 0.0948. The lowest BCUT2D eigenvalue weighted by atomic mass is 10.2. The smallest absolute Gasteiger partial charge is 0.257 e. The summed E-state index contributed by atoms with van der Waals surface area (Å²) in [4.78, 5) is 27.5. The van der Waals surface area contributed by atoms with E-state index in [1.807, 2.05) is 37.2 Å². The summed E-state index contributed by atoms with van der Waals surface area (Å²) in [5, 5.41) is 6.67. The van der Waals surface area contributed by atoms with E-state index in [2.05, 4.69) is 25.4 Å². The first kappa shape index (κ1) is 17.5. The van der Waals surface area contributed by atoms with Gasteiger partial charge in [-0.3, -0.25) is 9.78 Å². The monoisotopic (exact) mass is 352 g/mol. The van der Waals surface area contributed by atoms with Crippen molar-refractivity contribution in [3.8, 4) is 11.4 Å². The maximum Gasteiger partial charge on any atom is 0.257 e. The number of nitrogens with zero attached hydrogens (tertiary/aromatic N) is 5. The van der Waals surface area contributed by atoms with Crippen LogP contribution in [0.25, 0.3) is 11.4 Å². The van der Waals surface area contributed by atoms with Crippen molar-refractivity contribution in [3.05, 3.63) is 53.3 Å². The third-order valence-corrected chi connectivity index (χ3v) is 3.83. The number of carbonyl (C=O) groups is 1. The molecule has 0 bridgehead atoms. The Labute approximate surface area is 151 Å². The molecule has 134 valence electrons. The van der Waals surface area contributed by atoms with Gasteiger partial charge in [-0.25, -0.2) is 9.97 Å². The number of nitrogens with one attached hydrogen (secondary N) is 1. The van der Waals surface area contributed by atoms with Gasteiger partial charge in [0.15, 0.2) is 5.82 Å². The van der Waals surface area contributed by atoms with E-state index in [0.29, 0.717) is 28.5 Å². The van der Waals surface area contributed by atoms with Gasteiger partial charge in [-0.2, -0.15) is 0 Å². The molecule has 1 amide bonds. The topological polar surface area (TPSA) is 97.0 Å². The second kappa shape index (κ2) is 7.30. The predicted octanol–water partition coefficient (Wildman–Crippen LogP) is 2.14. The minimum atomic E-state index is -0.241. The molecule has 3 aromatic heterocycles. The standard InChI is InChI=1S/C18H20N6O2/c1-11-16(12(2)26-23-11)18(25)20-10-14-8-15(24(3)4)22-17(21-14)13-6-5-7-19-9-13/h5-9H,10H2,1-4H3,(H,20,25). The van der Waals surface area contributed by atoms with Crippen LogP contribution in [0.3, 0.4) is 0 Å². The second-order valence-electron chi connectivity index (χ2n) is 6.06. The van der Waals surface area contributed by atoms with Crippen LogP contribution in [0.15, 0.2) is 35.1 Å². The van der Waals surface area contributed by atoms with Gasteiger partial charge in [-0.05, 0) is 26.0 Å². The van der Waals surface area contributed by atoms with Gasteiger partial charge in [0, 0.05) is 38.1 Å². The highest BCUT2D eigenvalue weighted by molar-refractivity contribution is 5.96. The molecule has 8 nitrogen and oxygen atoms in total. The summed E-state index contributed by atoms with van der Waals surface area (Å²) in [7, 11) is 3.81. The molecule has 0 unspecified atom stereocenters. The summed E-state index contributed by atoms with van der Waals surface area (Å²) in [5.41, 5.74) is 2.53. The molecule has 0 saturated heterocycles. The van der Waals surface area contributed by atoms with Gasteiger partial charge in [0.25, 0.3) is 5.91 Å². The minimum absolute atomic E-state index is 0.241. The molecule has 0 aliphatic heterocycles. The van der Waals surface area contributed by atoms with E-state index in [1.54, 1.807) is 26.2 Å². The highest BCUT2D eigenvalue weighted by Gasteiger charge is 2.17. The fourth-order valence-corrected chi connectivity index (χ4v) is 2.49. The Kier molecular flexibility index (Phi) is 4.92. The predicted molar refractivity (Wildman–Crippen MR) is 96.7 cm³/mol. The number of hydrogen-bond acceptors (Lipinski definition) is 7. The van der Waals surface area contributed by atoms with Crippen LogP contribution in [0.1, 0.15) is 27.5 Å². The number of aryl methyl sites for hydroxylation is 2. The van der Waals surface area contributed by atoms with Gasteiger partial charge >= 0.3 is 0 Å². The van der Waals surface area contributed by atoms with Crippen molar-refractivity contribution < 1.29 is 9.32 Å². The number of amides is 1. The SMILES string of the molecule is Cc1noc(C)c1C(=O)NCc1cc(N(C)C)nc(-c2cccnc2)n1. The lowest BCUT2D eigenvalue weighted by Gasteiger charge is -2.14. The largest absolute Gasteiger partial charge is 0.363 e. The third-order valence-electron chi connectivity index (χ3n) is 3.83. The Morgan fingerprint density at radius 3 is 2.69 bits per heavy atom. The summed E-state index contributed by atoms with van der Waals surface area (Å²) in [6.45, 7) is 3.71. The highest BCUT2D eigenvalue weighted by Crippen LogP contribution is 2.19. The number of carbonyl (C=O) groups excluding carboxylic acids is 1. The number of rotatable bonds is 5. The maximum atomic E-state index is 12.4. The van der Waals surface area contributed by atoms with Crippen LogP contribution in [0.5, 0.6) is 0 Å². The van der Waals surface area contributed by atoms with Gasteiger partial charge in [0.1, 0.15) is 17.1 Å². The van der Waals surface area contributed by atoms with Crippen molar-refractivity contribution in [2.75, 3.05) is 19.0 Å². The number of anilines is 1. The Morgan fingerprint density at radius 1 is 1.27 bits per heavy atom. The van der Waals surface area contributed by atoms with Gasteiger partial charge in [-0.15, -0.1) is 0 Å². The van der Waals surface area contributed by atoms with Crippen molar-refractivity contribution >= 4 is 11.7 Å². The quantitative estimate of drug-likeness (QED) is 0.751. The molecule has 26 heavy (non-hydrogen) atoms. The first-order chi connectivity index (χ1) is 12.5. The molecule has 0 aromatic carbocycles. The van der Waals surface area contributed by atoms with Crippen LogP contribution in [0.4, 0.5) is 5.82 Å². The lowest BCUT2D eigenvalue weighted by Crippen LogP contribution is -2.25. The van der Waals surface area contributed by atoms with Crippen LogP contribution >= 0.6 is 0 Å². The van der Waals surface area contributed by atoms with Crippen molar-refractivity contribution in [3.63, 3.8) is 0 Å². The number of aromatic nitrogens is 4. The van der Waals surface area contributed by atoms with Crippen molar-refractivity contribution in [2.24, 2.45) is 0 Å². The normalized spacial score (nSPS) is 10.6. The summed E-state index contributed by atoms with van der Waals surface area (Å²) in [6.07, 6.45) is 3.41. The molecule has 0 fully saturated rings. The van der Waals surface area contributed by atoms with Crippen LogP contribution in [-0.2, 0) is 6.54 Å². The van der Waals surface area contributed by atoms with E-state index in [4.69, 9.17) is 4.52 Å². The molecule has 1 N–H and O–H groups in total. The van der Waals surface area contributed by atoms with Crippen molar-refractivity contribution in [2.45, 2.75) is 20.4 Å². The number of hydrogen-bond donors (Lipinski definition) is 1. The van der Waals surface area contributed by atoms with Crippen LogP contribution in [0.2, 0.25) is 0 Å². The zero-order valence-electron chi connectivity index (χ0n) is 15.1. The third kappa shape index (κ3) is 3.69. The molecular formula is C18H20N6O2. The summed E-state index contributed by atoms with van der Waals surface area (Å²) in [6, 6.07) is 5.57. The first-order valence-corrected chi connectivity index (χ1v) is 8.12. The fourth-order valence-electron chi connectivity index (χ4n) is 2.49. The van der Waals surface area contributed by atoms with E-state index < -0.39 is 0 Å². The Morgan fingerprint density at radius 2 is 2.08 bits per heavy atom. The zero-order chi connectivity index (χ0) is 18.7. The molecule has 0 saturated carbocycles. The average Bonchev–Trinajstić information content (AvgIpc) is 2.98. The fraction of sp³-hybridized carbons (Fsp3) is 0.278. The second-order valence-corrected chi connectivity index (χ2v) is 6.06. The highest BCUT2D eigenvalue weighted by atomic mass is 16.5. The Hall–Kier alpha value is -3.29. The van der Waals surface area contributed by atoms with Crippen LogP contribution in [0, 0.1) is 13.8 Å². The first-order valence-electron chi connectivity index (χ1n) is 8.12. The molecule has 3 rings (SSSR count). The van der Waals surface area contributed by atoms with E-state index >= 15 is 0 Å². The van der Waals surface area contributed by atoms with Crippen molar-refractivity contribution in [1.82, 2.24) is 25.4 Å². The average molecular weight is 352 g/mol.